The number of carbonyl (C=O) groups is 2. The maximum absolute atomic E-state index is 14.6. The van der Waals surface area contributed by atoms with Crippen LogP contribution in [0, 0.1) is 13.8 Å². The Morgan fingerprint density at radius 3 is 2.07 bits per heavy atom. The van der Waals surface area contributed by atoms with E-state index in [9.17, 15) is 18.0 Å². The molecule has 0 aromatic heterocycles. The van der Waals surface area contributed by atoms with Gasteiger partial charge in [-0.15, -0.1) is 0 Å². The quantitative estimate of drug-likeness (QED) is 0.190. The van der Waals surface area contributed by atoms with E-state index in [0.717, 1.165) is 54.4 Å². The third kappa shape index (κ3) is 8.43. The number of amides is 2. The maximum Gasteiger partial charge on any atom is 0.264 e. The molecule has 1 N–H and O–H groups in total. The predicted molar refractivity (Wildman–Crippen MR) is 183 cm³/mol. The summed E-state index contributed by atoms with van der Waals surface area (Å²) in [6.45, 7) is 3.57. The first-order valence-corrected chi connectivity index (χ1v) is 17.5. The standard InChI is InChI=1S/C38H43N3O4S/c1-29-21-23-32(24-22-29)27-40(36(26-31-14-6-3-7-15-31)38(43)39-33-16-8-4-9-17-33)37(42)28-41(34-18-12-13-30(2)25-34)46(44,45)35-19-10-5-11-20-35/h3,5-7,10-15,18-25,33,36H,4,8-9,16-17,26-28H2,1-2H3,(H,39,43)/t36-/m0/s1. The van der Waals surface area contributed by atoms with Gasteiger partial charge in [-0.3, -0.25) is 13.9 Å². The molecule has 7 nitrogen and oxygen atoms in total. The van der Waals surface area contributed by atoms with Gasteiger partial charge in [-0.25, -0.2) is 8.42 Å². The lowest BCUT2D eigenvalue weighted by atomic mass is 9.94. The van der Waals surface area contributed by atoms with Crippen LogP contribution in [0.5, 0.6) is 0 Å². The maximum atomic E-state index is 14.6. The lowest BCUT2D eigenvalue weighted by Gasteiger charge is -2.35. The number of nitrogens with one attached hydrogen (secondary N) is 1. The van der Waals surface area contributed by atoms with Crippen molar-refractivity contribution in [3.8, 4) is 0 Å². The molecular formula is C38H43N3O4S. The van der Waals surface area contributed by atoms with Crippen LogP contribution in [0.2, 0.25) is 0 Å². The molecule has 2 amide bonds. The fourth-order valence-corrected chi connectivity index (χ4v) is 7.45. The Morgan fingerprint density at radius 1 is 0.761 bits per heavy atom. The molecule has 1 fully saturated rings. The molecule has 0 saturated heterocycles. The third-order valence-electron chi connectivity index (χ3n) is 8.60. The Kier molecular flexibility index (Phi) is 10.9. The van der Waals surface area contributed by atoms with Crippen molar-refractivity contribution in [1.82, 2.24) is 10.2 Å². The highest BCUT2D eigenvalue weighted by Crippen LogP contribution is 2.26. The van der Waals surface area contributed by atoms with Gasteiger partial charge in [-0.05, 0) is 67.6 Å². The number of sulfonamides is 1. The molecule has 4 aromatic rings. The molecule has 1 aliphatic carbocycles. The van der Waals surface area contributed by atoms with Gasteiger partial charge in [0.25, 0.3) is 10.0 Å². The van der Waals surface area contributed by atoms with Crippen LogP contribution in [0.25, 0.3) is 0 Å². The van der Waals surface area contributed by atoms with Crippen molar-refractivity contribution < 1.29 is 18.0 Å². The molecule has 0 radical (unpaired) electrons. The second kappa shape index (κ2) is 15.2. The monoisotopic (exact) mass is 637 g/mol. The van der Waals surface area contributed by atoms with Crippen LogP contribution in [-0.2, 0) is 32.6 Å². The zero-order valence-corrected chi connectivity index (χ0v) is 27.5. The molecule has 1 saturated carbocycles. The van der Waals surface area contributed by atoms with E-state index in [-0.39, 0.29) is 23.4 Å². The number of benzene rings is 4. The number of carbonyl (C=O) groups excluding carboxylic acids is 2. The van der Waals surface area contributed by atoms with E-state index in [0.29, 0.717) is 12.1 Å². The van der Waals surface area contributed by atoms with E-state index in [1.54, 1.807) is 41.3 Å². The molecule has 5 rings (SSSR count). The summed E-state index contributed by atoms with van der Waals surface area (Å²) in [5, 5.41) is 3.25. The van der Waals surface area contributed by atoms with E-state index in [1.807, 2.05) is 74.5 Å². The van der Waals surface area contributed by atoms with Crippen LogP contribution in [-0.4, -0.2) is 43.8 Å². The van der Waals surface area contributed by atoms with Crippen LogP contribution in [0.15, 0.2) is 114 Å². The van der Waals surface area contributed by atoms with Gasteiger partial charge in [-0.2, -0.15) is 0 Å². The highest BCUT2D eigenvalue weighted by Gasteiger charge is 2.35. The SMILES string of the molecule is Cc1ccc(CN(C(=O)CN(c2cccc(C)c2)S(=O)(=O)c2ccccc2)[C@@H](Cc2ccccc2)C(=O)NC2CCCCC2)cc1. The van der Waals surface area contributed by atoms with Crippen LogP contribution in [0.4, 0.5) is 5.69 Å². The average molecular weight is 638 g/mol. The zero-order chi connectivity index (χ0) is 32.5. The number of aryl methyl sites for hydroxylation is 2. The van der Waals surface area contributed by atoms with Crippen LogP contribution < -0.4 is 9.62 Å². The Balaban J connectivity index is 1.55. The van der Waals surface area contributed by atoms with Crippen LogP contribution >= 0.6 is 0 Å². The van der Waals surface area contributed by atoms with E-state index in [2.05, 4.69) is 5.32 Å². The second-order valence-corrected chi connectivity index (χ2v) is 14.1. The van der Waals surface area contributed by atoms with E-state index in [4.69, 9.17) is 0 Å². The van der Waals surface area contributed by atoms with Crippen LogP contribution in [0.3, 0.4) is 0 Å². The van der Waals surface area contributed by atoms with Crippen LogP contribution in [0.1, 0.15) is 54.4 Å². The Morgan fingerprint density at radius 2 is 1.41 bits per heavy atom. The van der Waals surface area contributed by atoms with Gasteiger partial charge < -0.3 is 10.2 Å². The molecule has 240 valence electrons. The third-order valence-corrected chi connectivity index (χ3v) is 10.4. The molecule has 1 aliphatic rings. The minimum atomic E-state index is -4.12. The molecular weight excluding hydrogens is 595 g/mol. The predicted octanol–water partition coefficient (Wildman–Crippen LogP) is 6.59. The van der Waals surface area contributed by atoms with Crippen molar-refractivity contribution >= 4 is 27.5 Å². The lowest BCUT2D eigenvalue weighted by molar-refractivity contribution is -0.140. The number of anilines is 1. The Labute approximate surface area is 273 Å². The summed E-state index contributed by atoms with van der Waals surface area (Å²) in [5.74, 6) is -0.675. The van der Waals surface area contributed by atoms with E-state index in [1.165, 1.54) is 16.4 Å². The molecule has 4 aromatic carbocycles. The first-order valence-electron chi connectivity index (χ1n) is 16.0. The van der Waals surface area contributed by atoms with Gasteiger partial charge in [0.1, 0.15) is 12.6 Å². The zero-order valence-electron chi connectivity index (χ0n) is 26.6. The number of hydrogen-bond acceptors (Lipinski definition) is 4. The minimum absolute atomic E-state index is 0.0538. The lowest BCUT2D eigenvalue weighted by Crippen LogP contribution is -2.55. The van der Waals surface area contributed by atoms with Crippen molar-refractivity contribution in [2.45, 2.75) is 75.9 Å². The van der Waals surface area contributed by atoms with Gasteiger partial charge in [0, 0.05) is 19.0 Å². The highest BCUT2D eigenvalue weighted by molar-refractivity contribution is 7.92. The fourth-order valence-electron chi connectivity index (χ4n) is 6.02. The molecule has 8 heteroatoms. The highest BCUT2D eigenvalue weighted by atomic mass is 32.2. The molecule has 1 atom stereocenters. The van der Waals surface area contributed by atoms with Gasteiger partial charge >= 0.3 is 0 Å². The first kappa shape index (κ1) is 32.9. The summed E-state index contributed by atoms with van der Waals surface area (Å²) in [5.41, 5.74) is 4.11. The summed E-state index contributed by atoms with van der Waals surface area (Å²) in [6.07, 6.45) is 5.39. The molecule has 0 unspecified atom stereocenters. The Hall–Kier alpha value is -4.43. The number of nitrogens with zero attached hydrogens (tertiary/aromatic N) is 2. The summed E-state index contributed by atoms with van der Waals surface area (Å²) < 4.78 is 29.4. The topological polar surface area (TPSA) is 86.8 Å². The number of rotatable bonds is 12. The Bertz CT molecular complexity index is 1700. The summed E-state index contributed by atoms with van der Waals surface area (Å²) in [4.78, 5) is 30.5. The van der Waals surface area contributed by atoms with Gasteiger partial charge in [0.15, 0.2) is 0 Å². The first-order chi connectivity index (χ1) is 22.2. The minimum Gasteiger partial charge on any atom is -0.352 e. The molecule has 0 aliphatic heterocycles. The van der Waals surface area contributed by atoms with E-state index < -0.39 is 28.5 Å². The average Bonchev–Trinajstić information content (AvgIpc) is 3.07. The molecule has 46 heavy (non-hydrogen) atoms. The van der Waals surface area contributed by atoms with Crippen molar-refractivity contribution in [3.05, 3.63) is 131 Å². The number of hydrogen-bond donors (Lipinski definition) is 1. The van der Waals surface area contributed by atoms with Gasteiger partial charge in [0.2, 0.25) is 11.8 Å². The van der Waals surface area contributed by atoms with E-state index >= 15 is 0 Å². The summed E-state index contributed by atoms with van der Waals surface area (Å²) >= 11 is 0. The molecule has 0 bridgehead atoms. The van der Waals surface area contributed by atoms with Gasteiger partial charge in [-0.1, -0.05) is 110 Å². The van der Waals surface area contributed by atoms with Crippen molar-refractivity contribution in [3.63, 3.8) is 0 Å². The van der Waals surface area contributed by atoms with Crippen molar-refractivity contribution in [2.24, 2.45) is 0 Å². The van der Waals surface area contributed by atoms with Gasteiger partial charge in [0.05, 0.1) is 10.6 Å². The van der Waals surface area contributed by atoms with Crippen molar-refractivity contribution in [1.29, 1.82) is 0 Å². The largest absolute Gasteiger partial charge is 0.352 e. The molecule has 0 heterocycles. The van der Waals surface area contributed by atoms with Crippen molar-refractivity contribution in [2.75, 3.05) is 10.8 Å². The molecule has 0 spiro atoms. The summed E-state index contributed by atoms with van der Waals surface area (Å²) in [6, 6.07) is 32.0. The normalized spacial score (nSPS) is 14.3. The fraction of sp³-hybridized carbons (Fsp3) is 0.316. The summed E-state index contributed by atoms with van der Waals surface area (Å²) in [7, 11) is -4.12. The second-order valence-electron chi connectivity index (χ2n) is 12.2. The smallest absolute Gasteiger partial charge is 0.264 e.